The van der Waals surface area contributed by atoms with Gasteiger partial charge in [-0.15, -0.1) is 0 Å². The summed E-state index contributed by atoms with van der Waals surface area (Å²) in [5.41, 5.74) is 2.71. The number of aromatic nitrogens is 1. The fraction of sp³-hybridized carbons (Fsp3) is 0.278. The van der Waals surface area contributed by atoms with Crippen molar-refractivity contribution >= 4 is 12.1 Å². The number of pyridine rings is 1. The van der Waals surface area contributed by atoms with Crippen molar-refractivity contribution in [2.24, 2.45) is 5.10 Å². The van der Waals surface area contributed by atoms with Crippen molar-refractivity contribution < 1.29 is 14.3 Å². The fourth-order valence-electron chi connectivity index (χ4n) is 2.24. The Morgan fingerprint density at radius 3 is 2.64 bits per heavy atom. The van der Waals surface area contributed by atoms with Gasteiger partial charge in [-0.25, -0.2) is 5.43 Å². The van der Waals surface area contributed by atoms with Gasteiger partial charge >= 0.3 is 0 Å². The molecule has 1 aromatic carbocycles. The number of benzene rings is 1. The van der Waals surface area contributed by atoms with Crippen LogP contribution in [-0.4, -0.2) is 30.9 Å². The highest BCUT2D eigenvalue weighted by Crippen LogP contribution is 2.22. The number of amides is 1. The van der Waals surface area contributed by atoms with Crippen LogP contribution < -0.4 is 20.5 Å². The quantitative estimate of drug-likeness (QED) is 0.644. The van der Waals surface area contributed by atoms with Crippen LogP contribution in [0.1, 0.15) is 35.8 Å². The van der Waals surface area contributed by atoms with Crippen LogP contribution >= 0.6 is 0 Å². The van der Waals surface area contributed by atoms with Gasteiger partial charge in [0.25, 0.3) is 11.5 Å². The summed E-state index contributed by atoms with van der Waals surface area (Å²) in [5.74, 6) is 0.638. The highest BCUT2D eigenvalue weighted by atomic mass is 16.5. The molecular formula is C18H21N3O4. The summed E-state index contributed by atoms with van der Waals surface area (Å²) in [4.78, 5) is 24.5. The number of hydrazone groups is 1. The number of hydrogen-bond acceptors (Lipinski definition) is 5. The first-order valence-electron chi connectivity index (χ1n) is 7.74. The number of rotatable bonds is 6. The minimum atomic E-state index is -0.566. The van der Waals surface area contributed by atoms with Crippen molar-refractivity contribution in [2.45, 2.75) is 19.9 Å². The highest BCUT2D eigenvalue weighted by Gasteiger charge is 2.12. The molecule has 1 heterocycles. The summed E-state index contributed by atoms with van der Waals surface area (Å²) in [7, 11) is 3.09. The van der Waals surface area contributed by atoms with Gasteiger partial charge in [0.15, 0.2) is 0 Å². The van der Waals surface area contributed by atoms with E-state index >= 15 is 0 Å². The normalized spacial score (nSPS) is 10.9. The first-order valence-corrected chi connectivity index (χ1v) is 7.74. The summed E-state index contributed by atoms with van der Waals surface area (Å²) >= 11 is 0. The van der Waals surface area contributed by atoms with Crippen molar-refractivity contribution in [1.29, 1.82) is 0 Å². The Hall–Kier alpha value is -3.09. The van der Waals surface area contributed by atoms with Crippen molar-refractivity contribution in [2.75, 3.05) is 14.2 Å². The Bertz CT molecular complexity index is 840. The van der Waals surface area contributed by atoms with Crippen LogP contribution in [0.15, 0.2) is 46.4 Å². The Labute approximate surface area is 145 Å². The van der Waals surface area contributed by atoms with E-state index in [4.69, 9.17) is 9.47 Å². The van der Waals surface area contributed by atoms with Gasteiger partial charge in [-0.05, 0) is 38.1 Å². The van der Waals surface area contributed by atoms with Crippen LogP contribution in [0.2, 0.25) is 0 Å². The zero-order chi connectivity index (χ0) is 18.4. The lowest BCUT2D eigenvalue weighted by atomic mass is 10.2. The molecule has 1 aromatic heterocycles. The lowest BCUT2D eigenvalue weighted by molar-refractivity contribution is 0.0953. The SMILES string of the molecule is COc1ccc(/C=N\NC(=O)c2cccn(C(C)C)c2=O)c(OC)c1. The van der Waals surface area contributed by atoms with E-state index in [2.05, 4.69) is 10.5 Å². The standard InChI is InChI=1S/C18H21N3O4/c1-12(2)21-9-5-6-15(18(21)23)17(22)20-19-11-13-7-8-14(24-3)10-16(13)25-4/h5-12H,1-4H3,(H,20,22)/b19-11-. The third-order valence-electron chi connectivity index (χ3n) is 3.59. The average molecular weight is 343 g/mol. The Morgan fingerprint density at radius 1 is 1.24 bits per heavy atom. The Kier molecular flexibility index (Phi) is 5.94. The Morgan fingerprint density at radius 2 is 2.00 bits per heavy atom. The van der Waals surface area contributed by atoms with E-state index in [9.17, 15) is 9.59 Å². The Balaban J connectivity index is 2.17. The summed E-state index contributed by atoms with van der Waals surface area (Å²) in [5, 5.41) is 3.90. The van der Waals surface area contributed by atoms with E-state index in [0.29, 0.717) is 17.1 Å². The van der Waals surface area contributed by atoms with Gasteiger partial charge in [-0.2, -0.15) is 5.10 Å². The molecule has 0 atom stereocenters. The van der Waals surface area contributed by atoms with E-state index in [1.165, 1.54) is 24.0 Å². The summed E-state index contributed by atoms with van der Waals surface area (Å²) in [6.07, 6.45) is 3.09. The van der Waals surface area contributed by atoms with E-state index < -0.39 is 5.91 Å². The van der Waals surface area contributed by atoms with Gasteiger partial charge in [0.2, 0.25) is 0 Å². The van der Waals surface area contributed by atoms with Gasteiger partial charge in [0, 0.05) is 23.9 Å². The van der Waals surface area contributed by atoms with E-state index in [1.807, 2.05) is 13.8 Å². The molecule has 0 aliphatic rings. The molecule has 0 radical (unpaired) electrons. The third kappa shape index (κ3) is 4.26. The molecule has 2 aromatic rings. The molecule has 0 spiro atoms. The molecule has 0 aliphatic carbocycles. The first-order chi connectivity index (χ1) is 12.0. The third-order valence-corrected chi connectivity index (χ3v) is 3.59. The number of hydrogen-bond donors (Lipinski definition) is 1. The van der Waals surface area contributed by atoms with Crippen LogP contribution in [0.4, 0.5) is 0 Å². The number of carbonyl (C=O) groups is 1. The predicted molar refractivity (Wildman–Crippen MR) is 95.7 cm³/mol. The smallest absolute Gasteiger partial charge is 0.276 e. The minimum absolute atomic E-state index is 0.0349. The van der Waals surface area contributed by atoms with Crippen molar-refractivity contribution in [3.63, 3.8) is 0 Å². The molecule has 0 aliphatic heterocycles. The molecule has 132 valence electrons. The average Bonchev–Trinajstić information content (AvgIpc) is 2.61. The van der Waals surface area contributed by atoms with Crippen molar-refractivity contribution in [3.8, 4) is 11.5 Å². The van der Waals surface area contributed by atoms with Crippen LogP contribution in [0.25, 0.3) is 0 Å². The molecule has 0 fully saturated rings. The number of nitrogens with zero attached hydrogens (tertiary/aromatic N) is 2. The summed E-state index contributed by atoms with van der Waals surface area (Å²) in [6, 6.07) is 8.31. The number of ether oxygens (including phenoxy) is 2. The maximum atomic E-state index is 12.3. The van der Waals surface area contributed by atoms with Crippen LogP contribution in [0.5, 0.6) is 11.5 Å². The molecule has 7 nitrogen and oxygen atoms in total. The fourth-order valence-corrected chi connectivity index (χ4v) is 2.24. The molecule has 0 unspecified atom stereocenters. The monoisotopic (exact) mass is 343 g/mol. The second-order valence-corrected chi connectivity index (χ2v) is 5.54. The van der Waals surface area contributed by atoms with Gasteiger partial charge in [-0.1, -0.05) is 0 Å². The van der Waals surface area contributed by atoms with E-state index in [1.54, 1.807) is 37.6 Å². The second-order valence-electron chi connectivity index (χ2n) is 5.54. The van der Waals surface area contributed by atoms with Crippen LogP contribution in [0, 0.1) is 0 Å². The largest absolute Gasteiger partial charge is 0.497 e. The maximum absolute atomic E-state index is 12.3. The lowest BCUT2D eigenvalue weighted by Gasteiger charge is -2.10. The minimum Gasteiger partial charge on any atom is -0.497 e. The molecular weight excluding hydrogens is 322 g/mol. The van der Waals surface area contributed by atoms with Gasteiger partial charge in [0.1, 0.15) is 17.1 Å². The summed E-state index contributed by atoms with van der Waals surface area (Å²) < 4.78 is 11.9. The molecule has 7 heteroatoms. The summed E-state index contributed by atoms with van der Waals surface area (Å²) in [6.45, 7) is 3.74. The molecule has 1 N–H and O–H groups in total. The molecule has 0 saturated heterocycles. The molecule has 0 saturated carbocycles. The zero-order valence-electron chi connectivity index (χ0n) is 14.6. The predicted octanol–water partition coefficient (Wildman–Crippen LogP) is 2.21. The molecule has 1 amide bonds. The maximum Gasteiger partial charge on any atom is 0.276 e. The van der Waals surface area contributed by atoms with Crippen LogP contribution in [0.3, 0.4) is 0 Å². The van der Waals surface area contributed by atoms with E-state index in [-0.39, 0.29) is 17.2 Å². The number of carbonyl (C=O) groups excluding carboxylic acids is 1. The van der Waals surface area contributed by atoms with Crippen molar-refractivity contribution in [3.05, 3.63) is 58.0 Å². The van der Waals surface area contributed by atoms with Crippen LogP contribution in [-0.2, 0) is 0 Å². The van der Waals surface area contributed by atoms with Crippen molar-refractivity contribution in [1.82, 2.24) is 9.99 Å². The second kappa shape index (κ2) is 8.14. The number of methoxy groups -OCH3 is 2. The van der Waals surface area contributed by atoms with Gasteiger partial charge < -0.3 is 14.0 Å². The first kappa shape index (κ1) is 18.3. The van der Waals surface area contributed by atoms with E-state index in [0.717, 1.165) is 0 Å². The molecule has 2 rings (SSSR count). The molecule has 25 heavy (non-hydrogen) atoms. The highest BCUT2D eigenvalue weighted by molar-refractivity contribution is 5.94. The molecule has 0 bridgehead atoms. The number of nitrogens with one attached hydrogen (secondary N) is 1. The lowest BCUT2D eigenvalue weighted by Crippen LogP contribution is -2.31. The van der Waals surface area contributed by atoms with Gasteiger partial charge in [0.05, 0.1) is 20.4 Å². The zero-order valence-corrected chi connectivity index (χ0v) is 14.6. The topological polar surface area (TPSA) is 81.9 Å². The van der Waals surface area contributed by atoms with Gasteiger partial charge in [-0.3, -0.25) is 9.59 Å².